The highest BCUT2D eigenvalue weighted by Crippen LogP contribution is 2.41. The van der Waals surface area contributed by atoms with Crippen LogP contribution in [0.3, 0.4) is 0 Å². The zero-order valence-electron chi connectivity index (χ0n) is 22.1. The summed E-state index contributed by atoms with van der Waals surface area (Å²) in [5, 5.41) is 11.6. The predicted octanol–water partition coefficient (Wildman–Crippen LogP) is 5.75. The van der Waals surface area contributed by atoms with Crippen molar-refractivity contribution in [3.63, 3.8) is 0 Å². The predicted molar refractivity (Wildman–Crippen MR) is 148 cm³/mol. The van der Waals surface area contributed by atoms with Gasteiger partial charge in [0.2, 0.25) is 0 Å². The number of Topliss-reactive ketones (excluding diaryl/α,β-unsaturated/α-hetero) is 1. The fourth-order valence-corrected chi connectivity index (χ4v) is 5.12. The minimum Gasteiger partial charge on any atom is -0.505 e. The van der Waals surface area contributed by atoms with E-state index in [9.17, 15) is 14.7 Å². The van der Waals surface area contributed by atoms with E-state index in [0.29, 0.717) is 35.0 Å². The number of ether oxygens (including phenoxy) is 1. The maximum Gasteiger partial charge on any atom is 0.296 e. The van der Waals surface area contributed by atoms with E-state index in [4.69, 9.17) is 9.15 Å². The quantitative estimate of drug-likeness (QED) is 0.163. The molecule has 0 saturated carbocycles. The summed E-state index contributed by atoms with van der Waals surface area (Å²) < 4.78 is 13.3. The van der Waals surface area contributed by atoms with Gasteiger partial charge >= 0.3 is 0 Å². The molecule has 0 radical (unpaired) electrons. The van der Waals surface area contributed by atoms with Crippen LogP contribution in [-0.2, 0) is 22.7 Å². The van der Waals surface area contributed by atoms with Gasteiger partial charge in [-0.05, 0) is 60.9 Å². The number of aliphatic hydroxyl groups excluding tert-OH is 1. The summed E-state index contributed by atoms with van der Waals surface area (Å²) in [6.45, 7) is 4.22. The average Bonchev–Trinajstić information content (AvgIpc) is 3.67. The van der Waals surface area contributed by atoms with Crippen LogP contribution in [0.2, 0.25) is 0 Å². The van der Waals surface area contributed by atoms with Gasteiger partial charge in [0.25, 0.3) is 11.7 Å². The number of hydrogen-bond acceptors (Lipinski definition) is 6. The Morgan fingerprint density at radius 3 is 2.45 bits per heavy atom. The zero-order valence-corrected chi connectivity index (χ0v) is 22.1. The third-order valence-corrected chi connectivity index (χ3v) is 7.20. The van der Waals surface area contributed by atoms with Gasteiger partial charge in [-0.2, -0.15) is 0 Å². The Morgan fingerprint density at radius 1 is 0.975 bits per heavy atom. The van der Waals surface area contributed by atoms with E-state index >= 15 is 0 Å². The van der Waals surface area contributed by atoms with Crippen LogP contribution in [0, 0.1) is 13.8 Å². The first kappa shape index (κ1) is 25.2. The molecule has 1 atom stereocenters. The Kier molecular flexibility index (Phi) is 6.43. The van der Waals surface area contributed by atoms with Gasteiger partial charge in [-0.1, -0.05) is 48.5 Å². The Balaban J connectivity index is 1.41. The van der Waals surface area contributed by atoms with Crippen molar-refractivity contribution in [3.05, 3.63) is 131 Å². The van der Waals surface area contributed by atoms with Crippen molar-refractivity contribution >= 4 is 23.1 Å². The highest BCUT2D eigenvalue weighted by molar-refractivity contribution is 6.46. The maximum atomic E-state index is 13.5. The van der Waals surface area contributed by atoms with Gasteiger partial charge < -0.3 is 23.6 Å². The number of carbonyl (C=O) groups is 2. The fraction of sp³-hybridized carbons (Fsp3) is 0.156. The molecule has 40 heavy (non-hydrogen) atoms. The van der Waals surface area contributed by atoms with Crippen molar-refractivity contribution < 1.29 is 23.8 Å². The lowest BCUT2D eigenvalue weighted by molar-refractivity contribution is -0.140. The Hall–Kier alpha value is -5.11. The monoisotopic (exact) mass is 533 g/mol. The van der Waals surface area contributed by atoms with Crippen LogP contribution in [0.15, 0.2) is 101 Å². The molecule has 8 nitrogen and oxygen atoms in total. The van der Waals surface area contributed by atoms with Crippen LogP contribution < -0.4 is 4.74 Å². The molecule has 0 aliphatic carbocycles. The van der Waals surface area contributed by atoms with Crippen molar-refractivity contribution in [2.45, 2.75) is 33.0 Å². The Bertz CT molecular complexity index is 1730. The highest BCUT2D eigenvalue weighted by atomic mass is 16.5. The molecule has 8 heteroatoms. The molecule has 3 aromatic heterocycles. The lowest BCUT2D eigenvalue weighted by atomic mass is 9.96. The van der Waals surface area contributed by atoms with Crippen LogP contribution in [0.5, 0.6) is 5.75 Å². The van der Waals surface area contributed by atoms with Gasteiger partial charge in [0.15, 0.2) is 5.76 Å². The number of nitrogens with zero attached hydrogens (tertiary/aromatic N) is 3. The molecule has 4 heterocycles. The second kappa shape index (κ2) is 10.2. The third-order valence-electron chi connectivity index (χ3n) is 7.20. The third kappa shape index (κ3) is 4.43. The molecule has 200 valence electrons. The van der Waals surface area contributed by atoms with E-state index in [0.717, 1.165) is 11.1 Å². The van der Waals surface area contributed by atoms with Crippen molar-refractivity contribution in [2.75, 3.05) is 0 Å². The highest BCUT2D eigenvalue weighted by Gasteiger charge is 2.47. The number of aromatic nitrogens is 2. The molecule has 1 unspecified atom stereocenters. The maximum absolute atomic E-state index is 13.5. The Morgan fingerprint density at radius 2 is 1.75 bits per heavy atom. The smallest absolute Gasteiger partial charge is 0.296 e. The first-order valence-corrected chi connectivity index (χ1v) is 12.9. The summed E-state index contributed by atoms with van der Waals surface area (Å²) in [6.07, 6.45) is 3.37. The molecule has 1 saturated heterocycles. The molecule has 6 rings (SSSR count). The first-order valence-electron chi connectivity index (χ1n) is 12.9. The van der Waals surface area contributed by atoms with Gasteiger partial charge in [0.05, 0.1) is 30.1 Å². The molecule has 0 spiro atoms. The molecule has 1 fully saturated rings. The topological polar surface area (TPSA) is 97.3 Å². The second-order valence-electron chi connectivity index (χ2n) is 9.78. The summed E-state index contributed by atoms with van der Waals surface area (Å²) in [5.41, 5.74) is 4.19. The molecular weight excluding hydrogens is 506 g/mol. The van der Waals surface area contributed by atoms with Gasteiger partial charge in [0.1, 0.15) is 29.5 Å². The summed E-state index contributed by atoms with van der Waals surface area (Å²) in [7, 11) is 0. The van der Waals surface area contributed by atoms with Crippen LogP contribution in [0.25, 0.3) is 11.4 Å². The van der Waals surface area contributed by atoms with Gasteiger partial charge in [-0.25, -0.2) is 4.98 Å². The van der Waals surface area contributed by atoms with Crippen molar-refractivity contribution in [1.29, 1.82) is 0 Å². The number of furan rings is 1. The number of rotatable bonds is 7. The molecule has 1 N–H and O–H groups in total. The van der Waals surface area contributed by atoms with Crippen LogP contribution in [0.1, 0.15) is 39.9 Å². The number of hydrogen-bond donors (Lipinski definition) is 1. The molecule has 0 bridgehead atoms. The van der Waals surface area contributed by atoms with Crippen LogP contribution in [-0.4, -0.2) is 31.1 Å². The number of aliphatic hydroxyl groups is 1. The van der Waals surface area contributed by atoms with E-state index in [-0.39, 0.29) is 23.6 Å². The minimum absolute atomic E-state index is 0.0151. The summed E-state index contributed by atoms with van der Waals surface area (Å²) in [4.78, 5) is 32.9. The number of amides is 1. The first-order chi connectivity index (χ1) is 19.4. The van der Waals surface area contributed by atoms with Gasteiger partial charge in [-0.15, -0.1) is 0 Å². The second-order valence-corrected chi connectivity index (χ2v) is 9.78. The number of benzene rings is 2. The molecule has 1 amide bonds. The fourth-order valence-electron chi connectivity index (χ4n) is 5.12. The molecule has 1 aliphatic heterocycles. The zero-order chi connectivity index (χ0) is 27.8. The molecule has 2 aromatic carbocycles. The number of pyridine rings is 1. The molecule has 5 aromatic rings. The molecular formula is C32H27N3O5. The molecule has 1 aliphatic rings. The standard InChI is InChI=1S/C32H27N3O5/c1-20-8-6-16-34-21(2)27(33-31(20)34)29(36)26-28(35(32(38)30(26)37)18-25-11-7-17-39-25)23-12-14-24(15-13-23)40-19-22-9-4-3-5-10-22/h3-17,28,36H,18-19H2,1-2H3. The lowest BCUT2D eigenvalue weighted by Crippen LogP contribution is -2.29. The van der Waals surface area contributed by atoms with Crippen molar-refractivity contribution in [1.82, 2.24) is 14.3 Å². The van der Waals surface area contributed by atoms with Crippen LogP contribution in [0.4, 0.5) is 0 Å². The number of fused-ring (bicyclic) bond motifs is 1. The van der Waals surface area contributed by atoms with E-state index < -0.39 is 17.7 Å². The minimum atomic E-state index is -0.849. The van der Waals surface area contributed by atoms with E-state index in [1.54, 1.807) is 36.4 Å². The summed E-state index contributed by atoms with van der Waals surface area (Å²) in [5.74, 6) is -0.636. The van der Waals surface area contributed by atoms with Crippen molar-refractivity contribution in [2.24, 2.45) is 0 Å². The van der Waals surface area contributed by atoms with Gasteiger partial charge in [0, 0.05) is 6.20 Å². The number of likely N-dealkylation sites (tertiary alicyclic amines) is 1. The normalized spacial score (nSPS) is 16.6. The number of ketones is 1. The largest absolute Gasteiger partial charge is 0.505 e. The van der Waals surface area contributed by atoms with Crippen molar-refractivity contribution in [3.8, 4) is 5.75 Å². The van der Waals surface area contributed by atoms with Crippen LogP contribution >= 0.6 is 0 Å². The van der Waals surface area contributed by atoms with Gasteiger partial charge in [-0.3, -0.25) is 9.59 Å². The van der Waals surface area contributed by atoms with E-state index in [2.05, 4.69) is 4.98 Å². The Labute approximate surface area is 230 Å². The summed E-state index contributed by atoms with van der Waals surface area (Å²) in [6, 6.07) is 23.5. The van der Waals surface area contributed by atoms with E-state index in [1.165, 1.54) is 11.2 Å². The average molecular weight is 534 g/mol. The summed E-state index contributed by atoms with van der Waals surface area (Å²) >= 11 is 0. The lowest BCUT2D eigenvalue weighted by Gasteiger charge is -2.24. The number of imidazole rings is 1. The number of carbonyl (C=O) groups excluding carboxylic acids is 2. The SMILES string of the molecule is Cc1cccn2c(C)c(C(O)=C3C(=O)C(=O)N(Cc4ccco4)C3c3ccc(OCc4ccccc4)cc3)nc12. The number of aryl methyl sites for hydroxylation is 2. The van der Waals surface area contributed by atoms with E-state index in [1.807, 2.05) is 66.9 Å².